The number of ether oxygens (including phenoxy) is 1. The summed E-state index contributed by atoms with van der Waals surface area (Å²) < 4.78 is 4.96. The quantitative estimate of drug-likeness (QED) is 0.765. The number of rotatable bonds is 7. The molecule has 0 aliphatic carbocycles. The van der Waals surface area contributed by atoms with Crippen LogP contribution in [0.5, 0.6) is 0 Å². The molecule has 0 radical (unpaired) electrons. The largest absolute Gasteiger partial charge is 0.385 e. The summed E-state index contributed by atoms with van der Waals surface area (Å²) in [5.74, 6) is 0.941. The molecule has 2 aromatic rings. The molecule has 0 saturated heterocycles. The lowest BCUT2D eigenvalue weighted by atomic mass is 10.4. The van der Waals surface area contributed by atoms with E-state index in [0.717, 1.165) is 13.0 Å². The van der Waals surface area contributed by atoms with Crippen molar-refractivity contribution in [3.05, 3.63) is 34.5 Å². The number of nitrogens with one attached hydrogen (secondary N) is 2. The molecular weight excluding hydrogens is 276 g/mol. The zero-order chi connectivity index (χ0) is 14.2. The van der Waals surface area contributed by atoms with Gasteiger partial charge in [0.25, 0.3) is 5.91 Å². The average Bonchev–Trinajstić information content (AvgIpc) is 3.00. The molecule has 0 saturated carbocycles. The van der Waals surface area contributed by atoms with Crippen molar-refractivity contribution < 1.29 is 9.53 Å². The molecule has 7 heteroatoms. The van der Waals surface area contributed by atoms with E-state index in [1.165, 1.54) is 11.3 Å². The van der Waals surface area contributed by atoms with Crippen LogP contribution in [0.25, 0.3) is 0 Å². The van der Waals surface area contributed by atoms with E-state index in [4.69, 9.17) is 4.74 Å². The van der Waals surface area contributed by atoms with Crippen LogP contribution in [-0.4, -0.2) is 36.4 Å². The molecule has 0 unspecified atom stereocenters. The van der Waals surface area contributed by atoms with Crippen LogP contribution in [0.15, 0.2) is 29.6 Å². The monoisotopic (exact) mass is 292 g/mol. The van der Waals surface area contributed by atoms with Crippen LogP contribution in [0.3, 0.4) is 0 Å². The normalized spacial score (nSPS) is 10.2. The van der Waals surface area contributed by atoms with Crippen LogP contribution in [0.1, 0.15) is 16.1 Å². The van der Waals surface area contributed by atoms with E-state index in [2.05, 4.69) is 20.8 Å². The zero-order valence-electron chi connectivity index (χ0n) is 11.1. The third-order valence-electron chi connectivity index (χ3n) is 2.48. The van der Waals surface area contributed by atoms with Crippen molar-refractivity contribution in [1.29, 1.82) is 0 Å². The highest BCUT2D eigenvalue weighted by Crippen LogP contribution is 2.12. The molecule has 2 aromatic heterocycles. The molecule has 0 aliphatic rings. The molecule has 2 N–H and O–H groups in total. The van der Waals surface area contributed by atoms with Crippen molar-refractivity contribution in [1.82, 2.24) is 10.2 Å². The van der Waals surface area contributed by atoms with Gasteiger partial charge in [0.2, 0.25) is 0 Å². The Kier molecular flexibility index (Phi) is 5.45. The molecule has 1 amide bonds. The Labute approximate surface area is 121 Å². The molecule has 2 heterocycles. The smallest absolute Gasteiger partial charge is 0.266 e. The van der Waals surface area contributed by atoms with Gasteiger partial charge in [-0.05, 0) is 30.0 Å². The molecule has 0 aliphatic heterocycles. The van der Waals surface area contributed by atoms with Crippen molar-refractivity contribution in [3.63, 3.8) is 0 Å². The molecule has 106 valence electrons. The number of hydrogen-bond donors (Lipinski definition) is 2. The second kappa shape index (κ2) is 7.56. The van der Waals surface area contributed by atoms with Gasteiger partial charge in [-0.15, -0.1) is 21.5 Å². The number of anilines is 2. The Bertz CT molecular complexity index is 528. The fraction of sp³-hybridized carbons (Fsp3) is 0.308. The second-order valence-corrected chi connectivity index (χ2v) is 4.96. The van der Waals surface area contributed by atoms with Crippen molar-refractivity contribution >= 4 is 28.9 Å². The van der Waals surface area contributed by atoms with Gasteiger partial charge in [-0.3, -0.25) is 4.79 Å². The van der Waals surface area contributed by atoms with Crippen molar-refractivity contribution in [3.8, 4) is 0 Å². The van der Waals surface area contributed by atoms with Crippen LogP contribution in [-0.2, 0) is 4.74 Å². The Balaban J connectivity index is 1.83. The van der Waals surface area contributed by atoms with Gasteiger partial charge in [0.15, 0.2) is 5.82 Å². The predicted octanol–water partition coefficient (Wildman–Crippen LogP) is 2.24. The molecular formula is C13H16N4O2S. The van der Waals surface area contributed by atoms with Crippen LogP contribution in [0.4, 0.5) is 11.6 Å². The average molecular weight is 292 g/mol. The summed E-state index contributed by atoms with van der Waals surface area (Å²) in [5, 5.41) is 15.6. The van der Waals surface area contributed by atoms with Gasteiger partial charge in [-0.25, -0.2) is 0 Å². The zero-order valence-corrected chi connectivity index (χ0v) is 11.9. The molecule has 6 nitrogen and oxygen atoms in total. The first-order valence-electron chi connectivity index (χ1n) is 6.21. The molecule has 0 atom stereocenters. The summed E-state index contributed by atoms with van der Waals surface area (Å²) in [4.78, 5) is 12.5. The number of carbonyl (C=O) groups excluding carboxylic acids is 1. The molecule has 0 bridgehead atoms. The van der Waals surface area contributed by atoms with E-state index in [-0.39, 0.29) is 5.91 Å². The molecule has 0 aromatic carbocycles. The van der Waals surface area contributed by atoms with E-state index in [1.54, 1.807) is 25.3 Å². The van der Waals surface area contributed by atoms with Crippen molar-refractivity contribution in [2.24, 2.45) is 0 Å². The number of thiophene rings is 1. The summed E-state index contributed by atoms with van der Waals surface area (Å²) >= 11 is 1.38. The molecule has 0 fully saturated rings. The summed E-state index contributed by atoms with van der Waals surface area (Å²) in [6, 6.07) is 7.10. The molecule has 0 spiro atoms. The first-order chi connectivity index (χ1) is 9.79. The Hall–Kier alpha value is -1.99. The summed E-state index contributed by atoms with van der Waals surface area (Å²) in [6.07, 6.45) is 0.898. The first-order valence-corrected chi connectivity index (χ1v) is 7.09. The first kappa shape index (κ1) is 14.4. The number of hydrogen-bond acceptors (Lipinski definition) is 6. The fourth-order valence-corrected chi connectivity index (χ4v) is 2.13. The van der Waals surface area contributed by atoms with Gasteiger partial charge >= 0.3 is 0 Å². The van der Waals surface area contributed by atoms with Gasteiger partial charge in [-0.1, -0.05) is 6.07 Å². The van der Waals surface area contributed by atoms with Crippen LogP contribution in [0, 0.1) is 0 Å². The fourth-order valence-electron chi connectivity index (χ4n) is 1.51. The van der Waals surface area contributed by atoms with E-state index >= 15 is 0 Å². The van der Waals surface area contributed by atoms with Crippen molar-refractivity contribution in [2.45, 2.75) is 6.42 Å². The van der Waals surface area contributed by atoms with Crippen LogP contribution < -0.4 is 10.6 Å². The van der Waals surface area contributed by atoms with E-state index in [1.807, 2.05) is 11.4 Å². The van der Waals surface area contributed by atoms with E-state index in [9.17, 15) is 4.79 Å². The van der Waals surface area contributed by atoms with Gasteiger partial charge in [0.1, 0.15) is 5.82 Å². The lowest BCUT2D eigenvalue weighted by Crippen LogP contribution is -2.12. The van der Waals surface area contributed by atoms with Gasteiger partial charge < -0.3 is 15.4 Å². The summed E-state index contributed by atoms with van der Waals surface area (Å²) in [7, 11) is 1.67. The Morgan fingerprint density at radius 1 is 1.30 bits per heavy atom. The highest BCUT2D eigenvalue weighted by Gasteiger charge is 2.07. The maximum Gasteiger partial charge on any atom is 0.266 e. The lowest BCUT2D eigenvalue weighted by Gasteiger charge is -2.05. The number of carbonyl (C=O) groups is 1. The SMILES string of the molecule is COCCCNc1ccc(NC(=O)c2cccs2)nn1. The highest BCUT2D eigenvalue weighted by molar-refractivity contribution is 7.12. The second-order valence-electron chi connectivity index (χ2n) is 4.01. The minimum absolute atomic E-state index is 0.171. The Morgan fingerprint density at radius 2 is 2.10 bits per heavy atom. The number of nitrogens with zero attached hydrogens (tertiary/aromatic N) is 2. The third-order valence-corrected chi connectivity index (χ3v) is 3.35. The minimum atomic E-state index is -0.171. The predicted molar refractivity (Wildman–Crippen MR) is 79.3 cm³/mol. The third kappa shape index (κ3) is 4.29. The number of aromatic nitrogens is 2. The number of amides is 1. The summed E-state index contributed by atoms with van der Waals surface area (Å²) in [6.45, 7) is 1.47. The van der Waals surface area contributed by atoms with Crippen LogP contribution >= 0.6 is 11.3 Å². The molecule has 20 heavy (non-hydrogen) atoms. The lowest BCUT2D eigenvalue weighted by molar-refractivity contribution is 0.103. The number of methoxy groups -OCH3 is 1. The summed E-state index contributed by atoms with van der Waals surface area (Å²) in [5.41, 5.74) is 0. The van der Waals surface area contributed by atoms with Gasteiger partial charge in [0.05, 0.1) is 4.88 Å². The highest BCUT2D eigenvalue weighted by atomic mass is 32.1. The van der Waals surface area contributed by atoms with Crippen LogP contribution in [0.2, 0.25) is 0 Å². The maximum absolute atomic E-state index is 11.8. The van der Waals surface area contributed by atoms with Gasteiger partial charge in [-0.2, -0.15) is 0 Å². The standard InChI is InChI=1S/C13H16N4O2S/c1-19-8-3-7-14-11-5-6-12(17-16-11)15-13(18)10-4-2-9-20-10/h2,4-6,9H,3,7-8H2,1H3,(H,14,16)(H,15,17,18). The Morgan fingerprint density at radius 3 is 2.75 bits per heavy atom. The van der Waals surface area contributed by atoms with E-state index < -0.39 is 0 Å². The van der Waals surface area contributed by atoms with E-state index in [0.29, 0.717) is 23.1 Å². The topological polar surface area (TPSA) is 76.1 Å². The molecule has 2 rings (SSSR count). The maximum atomic E-state index is 11.8. The van der Waals surface area contributed by atoms with Crippen molar-refractivity contribution in [2.75, 3.05) is 30.9 Å². The minimum Gasteiger partial charge on any atom is -0.385 e. The van der Waals surface area contributed by atoms with Gasteiger partial charge in [0, 0.05) is 20.3 Å².